The lowest BCUT2D eigenvalue weighted by Crippen LogP contribution is -2.54. The van der Waals surface area contributed by atoms with E-state index >= 15 is 0 Å². The number of carbonyl (C=O) groups excluding carboxylic acids is 4. The van der Waals surface area contributed by atoms with E-state index < -0.39 is 23.8 Å². The van der Waals surface area contributed by atoms with Crippen LogP contribution in [-0.4, -0.2) is 41.1 Å². The zero-order chi connectivity index (χ0) is 23.2. The second-order valence-electron chi connectivity index (χ2n) is 9.66. The molecule has 0 spiro atoms. The van der Waals surface area contributed by atoms with Gasteiger partial charge in [-0.1, -0.05) is 70.3 Å². The Balaban J connectivity index is 1.24. The van der Waals surface area contributed by atoms with Crippen LogP contribution in [0.2, 0.25) is 0 Å². The average molecular weight is 454 g/mol. The minimum Gasteiger partial charge on any atom is -0.384 e. The minimum atomic E-state index is -0.934. The van der Waals surface area contributed by atoms with Gasteiger partial charge in [0.15, 0.2) is 0 Å². The molecule has 33 heavy (non-hydrogen) atoms. The van der Waals surface area contributed by atoms with E-state index in [-0.39, 0.29) is 18.7 Å². The number of imide groups is 2. The van der Waals surface area contributed by atoms with E-state index in [4.69, 9.17) is 0 Å². The highest BCUT2D eigenvalue weighted by Crippen LogP contribution is 2.32. The molecule has 2 aliphatic heterocycles. The molecule has 0 aromatic heterocycles. The fourth-order valence-electron chi connectivity index (χ4n) is 5.45. The highest BCUT2D eigenvalue weighted by atomic mass is 16.2. The maximum absolute atomic E-state index is 13.1. The average Bonchev–Trinajstić information content (AvgIpc) is 3.07. The van der Waals surface area contributed by atoms with Crippen molar-refractivity contribution in [1.82, 2.24) is 10.2 Å². The Morgan fingerprint density at radius 2 is 1.64 bits per heavy atom. The van der Waals surface area contributed by atoms with Crippen molar-refractivity contribution in [3.63, 3.8) is 0 Å². The number of rotatable bonds is 10. The molecule has 2 heterocycles. The normalized spacial score (nSPS) is 21.3. The summed E-state index contributed by atoms with van der Waals surface area (Å²) in [5.41, 5.74) is 1.29. The van der Waals surface area contributed by atoms with Gasteiger partial charge in [0.1, 0.15) is 6.04 Å². The summed E-state index contributed by atoms with van der Waals surface area (Å²) in [5, 5.41) is 5.56. The summed E-state index contributed by atoms with van der Waals surface area (Å²) in [6, 6.07) is 4.25. The van der Waals surface area contributed by atoms with Gasteiger partial charge in [-0.2, -0.15) is 0 Å². The molecule has 4 amide bonds. The van der Waals surface area contributed by atoms with E-state index in [9.17, 15) is 19.2 Å². The zero-order valence-corrected chi connectivity index (χ0v) is 19.4. The van der Waals surface area contributed by atoms with Gasteiger partial charge in [0.2, 0.25) is 11.8 Å². The molecule has 7 heteroatoms. The standard InChI is InChI=1S/C26H35N3O4/c30-22-16-15-21(24(31)28-22)29-25(32)19-13-9-14-20(23(19)26(29)33)27-17-8-3-1-2-5-10-18-11-6-4-7-12-18/h9,13-14,18,21,27H,1-8,10-12,15-17H2,(H,28,30,31). The monoisotopic (exact) mass is 453 g/mol. The summed E-state index contributed by atoms with van der Waals surface area (Å²) in [6.07, 6.45) is 14.8. The largest absolute Gasteiger partial charge is 0.384 e. The number of piperidine rings is 1. The smallest absolute Gasteiger partial charge is 0.264 e. The molecule has 2 N–H and O–H groups in total. The molecule has 7 nitrogen and oxygen atoms in total. The molecule has 0 radical (unpaired) electrons. The van der Waals surface area contributed by atoms with E-state index in [1.165, 1.54) is 57.8 Å². The second-order valence-corrected chi connectivity index (χ2v) is 9.66. The van der Waals surface area contributed by atoms with Gasteiger partial charge in [-0.05, 0) is 30.9 Å². The van der Waals surface area contributed by atoms with Crippen molar-refractivity contribution < 1.29 is 19.2 Å². The number of fused-ring (bicyclic) bond motifs is 1. The Kier molecular flexibility index (Phi) is 7.78. The van der Waals surface area contributed by atoms with Crippen molar-refractivity contribution in [1.29, 1.82) is 0 Å². The molecule has 1 unspecified atom stereocenters. The first-order valence-electron chi connectivity index (χ1n) is 12.6. The van der Waals surface area contributed by atoms with E-state index in [0.717, 1.165) is 30.2 Å². The maximum Gasteiger partial charge on any atom is 0.264 e. The third-order valence-electron chi connectivity index (χ3n) is 7.30. The van der Waals surface area contributed by atoms with Crippen molar-refractivity contribution in [2.45, 2.75) is 89.5 Å². The van der Waals surface area contributed by atoms with E-state index in [1.54, 1.807) is 12.1 Å². The number of nitrogens with one attached hydrogen (secondary N) is 2. The van der Waals surface area contributed by atoms with Crippen molar-refractivity contribution in [2.24, 2.45) is 5.92 Å². The fraction of sp³-hybridized carbons (Fsp3) is 0.615. The van der Waals surface area contributed by atoms with Crippen molar-refractivity contribution in [3.05, 3.63) is 29.3 Å². The van der Waals surface area contributed by atoms with Gasteiger partial charge >= 0.3 is 0 Å². The SMILES string of the molecule is O=C1CCC(N2C(=O)c3cccc(NCCCCCCCC4CCCCC4)c3C2=O)C(=O)N1. The van der Waals surface area contributed by atoms with Crippen LogP contribution in [0.1, 0.15) is 104 Å². The molecule has 1 saturated carbocycles. The third kappa shape index (κ3) is 5.45. The van der Waals surface area contributed by atoms with Gasteiger partial charge < -0.3 is 5.32 Å². The number of hydrogen-bond acceptors (Lipinski definition) is 5. The molecule has 1 aliphatic carbocycles. The Labute approximate surface area is 195 Å². The van der Waals surface area contributed by atoms with Gasteiger partial charge in [-0.3, -0.25) is 29.4 Å². The molecular formula is C26H35N3O4. The maximum atomic E-state index is 13.1. The predicted octanol–water partition coefficient (Wildman–Crippen LogP) is 4.42. The zero-order valence-electron chi connectivity index (χ0n) is 19.4. The predicted molar refractivity (Wildman–Crippen MR) is 126 cm³/mol. The van der Waals surface area contributed by atoms with E-state index in [2.05, 4.69) is 10.6 Å². The summed E-state index contributed by atoms with van der Waals surface area (Å²) in [7, 11) is 0. The first-order valence-corrected chi connectivity index (χ1v) is 12.6. The number of amides is 4. The number of hydrogen-bond donors (Lipinski definition) is 2. The lowest BCUT2D eigenvalue weighted by Gasteiger charge is -2.27. The van der Waals surface area contributed by atoms with Crippen molar-refractivity contribution >= 4 is 29.3 Å². The lowest BCUT2D eigenvalue weighted by atomic mass is 9.85. The molecule has 178 valence electrons. The Bertz CT molecular complexity index is 907. The van der Waals surface area contributed by atoms with Crippen LogP contribution in [0.15, 0.2) is 18.2 Å². The highest BCUT2D eigenvalue weighted by Gasteiger charge is 2.45. The van der Waals surface area contributed by atoms with Crippen LogP contribution in [0, 0.1) is 5.92 Å². The van der Waals surface area contributed by atoms with Gasteiger partial charge in [0.25, 0.3) is 11.8 Å². The van der Waals surface area contributed by atoms with Gasteiger partial charge in [-0.25, -0.2) is 0 Å². The fourth-order valence-corrected chi connectivity index (χ4v) is 5.45. The van der Waals surface area contributed by atoms with Crippen LogP contribution in [0.25, 0.3) is 0 Å². The molecule has 1 atom stereocenters. The molecule has 1 saturated heterocycles. The lowest BCUT2D eigenvalue weighted by molar-refractivity contribution is -0.136. The van der Waals surface area contributed by atoms with Gasteiger partial charge in [0, 0.05) is 18.7 Å². The third-order valence-corrected chi connectivity index (χ3v) is 7.30. The number of nitrogens with zero attached hydrogens (tertiary/aromatic N) is 1. The van der Waals surface area contributed by atoms with Crippen LogP contribution in [-0.2, 0) is 9.59 Å². The van der Waals surface area contributed by atoms with Gasteiger partial charge in [-0.15, -0.1) is 0 Å². The topological polar surface area (TPSA) is 95.6 Å². The van der Waals surface area contributed by atoms with Crippen molar-refractivity contribution in [2.75, 3.05) is 11.9 Å². The molecule has 3 aliphatic rings. The number of benzene rings is 1. The van der Waals surface area contributed by atoms with E-state index in [1.807, 2.05) is 6.07 Å². The summed E-state index contributed by atoms with van der Waals surface area (Å²) < 4.78 is 0. The van der Waals surface area contributed by atoms with Crippen LogP contribution in [0.4, 0.5) is 5.69 Å². The molecular weight excluding hydrogens is 418 g/mol. The molecule has 0 bridgehead atoms. The second kappa shape index (κ2) is 10.9. The van der Waals surface area contributed by atoms with Crippen LogP contribution in [0.5, 0.6) is 0 Å². The van der Waals surface area contributed by atoms with Crippen LogP contribution in [0.3, 0.4) is 0 Å². The number of carbonyl (C=O) groups is 4. The summed E-state index contributed by atoms with van der Waals surface area (Å²) >= 11 is 0. The molecule has 1 aromatic carbocycles. The summed E-state index contributed by atoms with van der Waals surface area (Å²) in [5.74, 6) is -0.926. The van der Waals surface area contributed by atoms with E-state index in [0.29, 0.717) is 16.8 Å². The quantitative estimate of drug-likeness (QED) is 0.404. The Hall–Kier alpha value is -2.70. The number of anilines is 1. The first-order chi connectivity index (χ1) is 16.1. The minimum absolute atomic E-state index is 0.121. The number of unbranched alkanes of at least 4 members (excludes halogenated alkanes) is 4. The van der Waals surface area contributed by atoms with Crippen LogP contribution >= 0.6 is 0 Å². The summed E-state index contributed by atoms with van der Waals surface area (Å²) in [6.45, 7) is 0.735. The molecule has 4 rings (SSSR count). The molecule has 2 fully saturated rings. The van der Waals surface area contributed by atoms with Crippen molar-refractivity contribution in [3.8, 4) is 0 Å². The Morgan fingerprint density at radius 1 is 0.879 bits per heavy atom. The van der Waals surface area contributed by atoms with Crippen LogP contribution < -0.4 is 10.6 Å². The summed E-state index contributed by atoms with van der Waals surface area (Å²) in [4.78, 5) is 50.7. The van der Waals surface area contributed by atoms with Gasteiger partial charge in [0.05, 0.1) is 11.1 Å². The molecule has 1 aromatic rings. The highest BCUT2D eigenvalue weighted by molar-refractivity contribution is 6.25. The Morgan fingerprint density at radius 3 is 2.42 bits per heavy atom. The first kappa shape index (κ1) is 23.5.